The van der Waals surface area contributed by atoms with E-state index in [2.05, 4.69) is 20.4 Å². The fourth-order valence-electron chi connectivity index (χ4n) is 3.51. The van der Waals surface area contributed by atoms with Crippen molar-refractivity contribution in [3.8, 4) is 0 Å². The van der Waals surface area contributed by atoms with Crippen LogP contribution in [0.15, 0.2) is 12.7 Å². The van der Waals surface area contributed by atoms with Crippen molar-refractivity contribution in [3.05, 3.63) is 19.6 Å². The van der Waals surface area contributed by atoms with Crippen LogP contribution >= 0.6 is 0 Å². The van der Waals surface area contributed by atoms with Crippen LogP contribution < -0.4 is 0 Å². The van der Waals surface area contributed by atoms with Gasteiger partial charge in [-0.3, -0.25) is 4.79 Å². The summed E-state index contributed by atoms with van der Waals surface area (Å²) in [6.45, 7) is 9.64. The first-order chi connectivity index (χ1) is 12.2. The van der Waals surface area contributed by atoms with E-state index in [4.69, 9.17) is 0 Å². The lowest BCUT2D eigenvalue weighted by atomic mass is 9.89. The van der Waals surface area contributed by atoms with Gasteiger partial charge in [-0.1, -0.05) is 117 Å². The summed E-state index contributed by atoms with van der Waals surface area (Å²) in [7, 11) is 0. The molecule has 1 radical (unpaired) electrons. The largest absolute Gasteiger partial charge is 0.385 e. The van der Waals surface area contributed by atoms with Crippen molar-refractivity contribution < 1.29 is 9.90 Å². The number of carbonyl (C=O) groups is 1. The normalized spacial score (nSPS) is 13.6. The number of rotatable bonds is 19. The Hall–Kier alpha value is -0.630. The first-order valence-corrected chi connectivity index (χ1v) is 10.8. The molecule has 0 spiro atoms. The second-order valence-electron chi connectivity index (χ2n) is 7.54. The van der Waals surface area contributed by atoms with Crippen LogP contribution in [0.25, 0.3) is 0 Å². The molecule has 0 heterocycles. The van der Waals surface area contributed by atoms with Gasteiger partial charge in [-0.2, -0.15) is 0 Å². The molecule has 0 aliphatic rings. The zero-order valence-electron chi connectivity index (χ0n) is 16.8. The van der Waals surface area contributed by atoms with E-state index in [1.807, 2.05) is 0 Å². The molecule has 0 aliphatic carbocycles. The summed E-state index contributed by atoms with van der Waals surface area (Å²) >= 11 is 0. The highest BCUT2D eigenvalue weighted by Crippen LogP contribution is 2.22. The predicted molar refractivity (Wildman–Crippen MR) is 110 cm³/mol. The van der Waals surface area contributed by atoms with Gasteiger partial charge in [-0.05, 0) is 18.4 Å². The number of ketones is 1. The van der Waals surface area contributed by atoms with Crippen molar-refractivity contribution in [1.82, 2.24) is 0 Å². The van der Waals surface area contributed by atoms with Gasteiger partial charge in [0.25, 0.3) is 0 Å². The van der Waals surface area contributed by atoms with Crippen LogP contribution in [0.1, 0.15) is 110 Å². The topological polar surface area (TPSA) is 37.3 Å². The van der Waals surface area contributed by atoms with Crippen LogP contribution in [0.3, 0.4) is 0 Å². The third kappa shape index (κ3) is 15.3. The average molecular weight is 352 g/mol. The van der Waals surface area contributed by atoms with Gasteiger partial charge < -0.3 is 5.11 Å². The molecule has 0 rings (SSSR count). The van der Waals surface area contributed by atoms with Gasteiger partial charge in [0.2, 0.25) is 0 Å². The van der Waals surface area contributed by atoms with Crippen LogP contribution in [0.4, 0.5) is 0 Å². The predicted octanol–water partition coefficient (Wildman–Crippen LogP) is 6.81. The van der Waals surface area contributed by atoms with Gasteiger partial charge in [-0.15, -0.1) is 0 Å². The molecular weight excluding hydrogens is 308 g/mol. The number of unbranched alkanes of at least 4 members (excludes halogenated alkanes) is 11. The molecule has 0 bridgehead atoms. The molecule has 2 heteroatoms. The molecule has 25 heavy (non-hydrogen) atoms. The van der Waals surface area contributed by atoms with Gasteiger partial charge >= 0.3 is 0 Å². The van der Waals surface area contributed by atoms with E-state index < -0.39 is 6.10 Å². The zero-order chi connectivity index (χ0) is 18.8. The summed E-state index contributed by atoms with van der Waals surface area (Å²) in [6.07, 6.45) is 20.2. The second kappa shape index (κ2) is 18.2. The molecule has 2 nitrogen and oxygen atoms in total. The summed E-state index contributed by atoms with van der Waals surface area (Å²) in [4.78, 5) is 11.4. The Morgan fingerprint density at radius 3 is 1.80 bits per heavy atom. The maximum Gasteiger partial charge on any atom is 0.183 e. The molecule has 2 atom stereocenters. The summed E-state index contributed by atoms with van der Waals surface area (Å²) in [5, 5.41) is 9.86. The molecular formula is C23H43O2. The molecule has 0 aromatic rings. The zero-order valence-corrected chi connectivity index (χ0v) is 16.8. The Labute approximate surface area is 157 Å². The van der Waals surface area contributed by atoms with Crippen LogP contribution in [0.2, 0.25) is 0 Å². The van der Waals surface area contributed by atoms with Gasteiger partial charge in [-0.25, -0.2) is 0 Å². The van der Waals surface area contributed by atoms with E-state index in [0.717, 1.165) is 19.3 Å². The van der Waals surface area contributed by atoms with E-state index in [1.54, 1.807) is 0 Å². The van der Waals surface area contributed by atoms with Crippen molar-refractivity contribution in [2.75, 3.05) is 0 Å². The smallest absolute Gasteiger partial charge is 0.183 e. The SMILES string of the molecule is [CH2]CCC(CCCCCCCCCCCCCC)CC(O)C(=O)C=C. The number of aliphatic hydroxyl groups excluding tert-OH is 1. The van der Waals surface area contributed by atoms with E-state index >= 15 is 0 Å². The number of aliphatic hydroxyl groups is 1. The maximum atomic E-state index is 11.4. The molecule has 2 unspecified atom stereocenters. The maximum absolute atomic E-state index is 11.4. The summed E-state index contributed by atoms with van der Waals surface area (Å²) in [6, 6.07) is 0. The third-order valence-corrected chi connectivity index (χ3v) is 5.16. The lowest BCUT2D eigenvalue weighted by molar-refractivity contribution is -0.123. The first kappa shape index (κ1) is 24.4. The summed E-state index contributed by atoms with van der Waals surface area (Å²) in [5.41, 5.74) is 0. The summed E-state index contributed by atoms with van der Waals surface area (Å²) < 4.78 is 0. The van der Waals surface area contributed by atoms with Crippen LogP contribution in [-0.4, -0.2) is 17.0 Å². The highest BCUT2D eigenvalue weighted by Gasteiger charge is 2.17. The van der Waals surface area contributed by atoms with Gasteiger partial charge in [0.05, 0.1) is 0 Å². The molecule has 147 valence electrons. The van der Waals surface area contributed by atoms with E-state index in [-0.39, 0.29) is 5.78 Å². The average Bonchev–Trinajstić information content (AvgIpc) is 2.61. The minimum Gasteiger partial charge on any atom is -0.385 e. The highest BCUT2D eigenvalue weighted by molar-refractivity contribution is 5.92. The molecule has 0 aromatic carbocycles. The summed E-state index contributed by atoms with van der Waals surface area (Å²) in [5.74, 6) is 0.170. The second-order valence-corrected chi connectivity index (χ2v) is 7.54. The van der Waals surface area contributed by atoms with E-state index in [0.29, 0.717) is 12.3 Å². The molecule has 0 amide bonds. The highest BCUT2D eigenvalue weighted by atomic mass is 16.3. The first-order valence-electron chi connectivity index (χ1n) is 10.8. The van der Waals surface area contributed by atoms with Gasteiger partial charge in [0.15, 0.2) is 5.78 Å². The minimum atomic E-state index is -0.869. The standard InChI is InChI=1S/C23H43O2/c1-4-7-8-9-10-11-12-13-14-15-16-17-19-21(18-5-2)20-23(25)22(24)6-3/h6,21,23,25H,2-5,7-20H2,1H3. The van der Waals surface area contributed by atoms with Crippen molar-refractivity contribution >= 4 is 5.78 Å². The lowest BCUT2D eigenvalue weighted by Crippen LogP contribution is -2.22. The molecule has 1 N–H and O–H groups in total. The Kier molecular flexibility index (Phi) is 17.7. The van der Waals surface area contributed by atoms with Crippen molar-refractivity contribution in [2.45, 2.75) is 116 Å². The van der Waals surface area contributed by atoms with Gasteiger partial charge in [0, 0.05) is 0 Å². The Balaban J connectivity index is 3.56. The molecule has 0 saturated heterocycles. The number of carbonyl (C=O) groups excluding carboxylic acids is 1. The number of hydrogen-bond donors (Lipinski definition) is 1. The van der Waals surface area contributed by atoms with Crippen molar-refractivity contribution in [2.24, 2.45) is 5.92 Å². The molecule has 0 fully saturated rings. The molecule has 0 aromatic heterocycles. The fraction of sp³-hybridized carbons (Fsp3) is 0.826. The van der Waals surface area contributed by atoms with Gasteiger partial charge in [0.1, 0.15) is 6.10 Å². The quantitative estimate of drug-likeness (QED) is 0.205. The fourth-order valence-corrected chi connectivity index (χ4v) is 3.51. The van der Waals surface area contributed by atoms with Crippen LogP contribution in [0, 0.1) is 12.8 Å². The molecule has 0 aliphatic heterocycles. The third-order valence-electron chi connectivity index (χ3n) is 5.16. The van der Waals surface area contributed by atoms with Crippen molar-refractivity contribution in [1.29, 1.82) is 0 Å². The van der Waals surface area contributed by atoms with Crippen LogP contribution in [0.5, 0.6) is 0 Å². The van der Waals surface area contributed by atoms with E-state index in [1.165, 1.54) is 83.1 Å². The minimum absolute atomic E-state index is 0.247. The van der Waals surface area contributed by atoms with Crippen LogP contribution in [-0.2, 0) is 4.79 Å². The van der Waals surface area contributed by atoms with E-state index in [9.17, 15) is 9.90 Å². The Bertz CT molecular complexity index is 311. The monoisotopic (exact) mass is 351 g/mol. The lowest BCUT2D eigenvalue weighted by Gasteiger charge is -2.18. The molecule has 0 saturated carbocycles. The Morgan fingerprint density at radius 2 is 1.36 bits per heavy atom. The number of hydrogen-bond acceptors (Lipinski definition) is 2. The Morgan fingerprint density at radius 1 is 0.880 bits per heavy atom. The van der Waals surface area contributed by atoms with Crippen molar-refractivity contribution in [3.63, 3.8) is 0 Å².